The molecule has 0 bridgehead atoms. The van der Waals surface area contributed by atoms with Gasteiger partial charge in [0, 0.05) is 23.3 Å². The summed E-state index contributed by atoms with van der Waals surface area (Å²) in [6, 6.07) is 5.52. The lowest BCUT2D eigenvalue weighted by Gasteiger charge is -2.24. The summed E-state index contributed by atoms with van der Waals surface area (Å²) in [6.07, 6.45) is 8.54. The van der Waals surface area contributed by atoms with Crippen LogP contribution in [-0.4, -0.2) is 33.4 Å². The number of unbranched alkanes of at least 4 members (excludes halogenated alkanes) is 1. The van der Waals surface area contributed by atoms with E-state index in [1.165, 1.54) is 19.3 Å². The molecule has 1 N–H and O–H groups in total. The number of nitrogens with zero attached hydrogens (tertiary/aromatic N) is 3. The SMILES string of the molecule is C=C(C)N(C)C(=O)c1c(CCCC)nc(NC2CCCCC2)n1Cc1ccc(OF)c(Br)c1. The first-order valence-corrected chi connectivity index (χ1v) is 12.5. The highest BCUT2D eigenvalue weighted by Crippen LogP contribution is 2.30. The van der Waals surface area contributed by atoms with E-state index in [0.29, 0.717) is 34.4 Å². The molecule has 1 aromatic heterocycles. The molecule has 0 saturated heterocycles. The van der Waals surface area contributed by atoms with Crippen molar-refractivity contribution in [2.45, 2.75) is 77.8 Å². The van der Waals surface area contributed by atoms with E-state index < -0.39 is 0 Å². The molecular formula is C25H34BrFN4O2. The number of rotatable bonds is 10. The minimum Gasteiger partial charge on any atom is -0.353 e. The molecule has 1 amide bonds. The lowest BCUT2D eigenvalue weighted by atomic mass is 9.96. The van der Waals surface area contributed by atoms with Crippen LogP contribution in [-0.2, 0) is 13.0 Å². The molecule has 0 atom stereocenters. The van der Waals surface area contributed by atoms with Crippen molar-refractivity contribution in [3.05, 3.63) is 51.9 Å². The van der Waals surface area contributed by atoms with Gasteiger partial charge in [0.2, 0.25) is 5.95 Å². The number of amides is 1. The number of anilines is 1. The highest BCUT2D eigenvalue weighted by Gasteiger charge is 2.27. The molecule has 33 heavy (non-hydrogen) atoms. The lowest BCUT2D eigenvalue weighted by molar-refractivity contribution is -0.00716. The summed E-state index contributed by atoms with van der Waals surface area (Å²) in [4.78, 5) is 24.0. The molecule has 1 aliphatic carbocycles. The van der Waals surface area contributed by atoms with Gasteiger partial charge in [-0.2, -0.15) is 0 Å². The number of imidazole rings is 1. The van der Waals surface area contributed by atoms with Gasteiger partial charge in [-0.25, -0.2) is 4.98 Å². The second-order valence-electron chi connectivity index (χ2n) is 8.84. The van der Waals surface area contributed by atoms with Crippen LogP contribution in [0.4, 0.5) is 10.5 Å². The molecule has 0 radical (unpaired) electrons. The summed E-state index contributed by atoms with van der Waals surface area (Å²) >= 11 is 3.36. The number of aryl methyl sites for hydroxylation is 1. The van der Waals surface area contributed by atoms with Crippen molar-refractivity contribution in [1.82, 2.24) is 14.5 Å². The number of benzene rings is 1. The Balaban J connectivity index is 2.07. The molecule has 8 heteroatoms. The highest BCUT2D eigenvalue weighted by atomic mass is 79.9. The van der Waals surface area contributed by atoms with Gasteiger partial charge < -0.3 is 14.8 Å². The van der Waals surface area contributed by atoms with Crippen molar-refractivity contribution in [3.8, 4) is 5.75 Å². The molecule has 2 aromatic rings. The maximum Gasteiger partial charge on any atom is 0.276 e. The number of nitrogens with one attached hydrogen (secondary N) is 1. The third-order valence-corrected chi connectivity index (χ3v) is 6.86. The first kappa shape index (κ1) is 25.3. The summed E-state index contributed by atoms with van der Waals surface area (Å²) in [5.41, 5.74) is 2.95. The van der Waals surface area contributed by atoms with E-state index in [1.807, 2.05) is 17.6 Å². The molecule has 180 valence electrons. The molecule has 1 aliphatic rings. The summed E-state index contributed by atoms with van der Waals surface area (Å²) in [6.45, 7) is 8.31. The van der Waals surface area contributed by atoms with Crippen molar-refractivity contribution in [1.29, 1.82) is 0 Å². The number of hydrogen-bond acceptors (Lipinski definition) is 4. The number of hydrogen-bond donors (Lipinski definition) is 1. The molecule has 3 rings (SSSR count). The maximum atomic E-state index is 13.6. The van der Waals surface area contributed by atoms with Gasteiger partial charge in [0.05, 0.1) is 16.7 Å². The van der Waals surface area contributed by atoms with E-state index in [9.17, 15) is 9.32 Å². The van der Waals surface area contributed by atoms with Gasteiger partial charge in [0.25, 0.3) is 5.91 Å². The van der Waals surface area contributed by atoms with Crippen LogP contribution in [0, 0.1) is 0 Å². The summed E-state index contributed by atoms with van der Waals surface area (Å²) < 4.78 is 15.2. The van der Waals surface area contributed by atoms with Crippen molar-refractivity contribution in [2.75, 3.05) is 12.4 Å². The number of carbonyl (C=O) groups excluding carboxylic acids is 1. The first-order chi connectivity index (χ1) is 15.8. The van der Waals surface area contributed by atoms with Crippen LogP contribution >= 0.6 is 15.9 Å². The lowest BCUT2D eigenvalue weighted by Crippen LogP contribution is -2.29. The Bertz CT molecular complexity index is 985. The molecular weight excluding hydrogens is 487 g/mol. The van der Waals surface area contributed by atoms with E-state index in [2.05, 4.69) is 39.7 Å². The number of allylic oxidation sites excluding steroid dienone is 1. The van der Waals surface area contributed by atoms with Crippen LogP contribution < -0.4 is 10.3 Å². The quantitative estimate of drug-likeness (QED) is 0.380. The monoisotopic (exact) mass is 520 g/mol. The molecule has 0 spiro atoms. The average Bonchev–Trinajstić information content (AvgIpc) is 3.13. The fourth-order valence-electron chi connectivity index (χ4n) is 4.17. The van der Waals surface area contributed by atoms with Crippen molar-refractivity contribution in [2.24, 2.45) is 0 Å². The van der Waals surface area contributed by atoms with Gasteiger partial charge in [0.15, 0.2) is 5.75 Å². The van der Waals surface area contributed by atoms with Gasteiger partial charge in [0.1, 0.15) is 5.69 Å². The molecule has 1 aromatic carbocycles. The van der Waals surface area contributed by atoms with Gasteiger partial charge >= 0.3 is 0 Å². The smallest absolute Gasteiger partial charge is 0.276 e. The topological polar surface area (TPSA) is 59.4 Å². The van der Waals surface area contributed by atoms with Crippen LogP contribution in [0.1, 0.15) is 80.5 Å². The second-order valence-corrected chi connectivity index (χ2v) is 9.70. The summed E-state index contributed by atoms with van der Waals surface area (Å²) in [5.74, 6) is 0.709. The fraction of sp³-hybridized carbons (Fsp3) is 0.520. The Morgan fingerprint density at radius 1 is 1.36 bits per heavy atom. The van der Waals surface area contributed by atoms with Gasteiger partial charge in [-0.05, 0) is 66.2 Å². The van der Waals surface area contributed by atoms with E-state index in [1.54, 1.807) is 24.1 Å². The summed E-state index contributed by atoms with van der Waals surface area (Å²) in [7, 11) is 1.74. The summed E-state index contributed by atoms with van der Waals surface area (Å²) in [5, 5.41) is 3.63. The molecule has 1 fully saturated rings. The van der Waals surface area contributed by atoms with Crippen LogP contribution in [0.3, 0.4) is 0 Å². The van der Waals surface area contributed by atoms with Crippen molar-refractivity contribution >= 4 is 27.8 Å². The van der Waals surface area contributed by atoms with Crippen molar-refractivity contribution < 1.29 is 14.3 Å². The number of aromatic nitrogens is 2. The third-order valence-electron chi connectivity index (χ3n) is 6.25. The highest BCUT2D eigenvalue weighted by molar-refractivity contribution is 9.10. The zero-order valence-electron chi connectivity index (χ0n) is 19.8. The van der Waals surface area contributed by atoms with Crippen LogP contribution in [0.25, 0.3) is 0 Å². The van der Waals surface area contributed by atoms with Crippen LogP contribution in [0.2, 0.25) is 0 Å². The van der Waals surface area contributed by atoms with Gasteiger partial charge in [-0.15, -0.1) is 0 Å². The average molecular weight is 521 g/mol. The minimum absolute atomic E-state index is 0.117. The minimum atomic E-state index is -0.124. The van der Waals surface area contributed by atoms with Gasteiger partial charge in [-0.1, -0.05) is 45.3 Å². The zero-order chi connectivity index (χ0) is 24.0. The third kappa shape index (κ3) is 6.16. The Labute approximate surface area is 204 Å². The Hall–Kier alpha value is -2.35. The fourth-order valence-corrected chi connectivity index (χ4v) is 4.66. The first-order valence-electron chi connectivity index (χ1n) is 11.7. The largest absolute Gasteiger partial charge is 0.353 e. The van der Waals surface area contributed by atoms with Crippen LogP contribution in [0.15, 0.2) is 34.9 Å². The molecule has 0 aliphatic heterocycles. The Kier molecular flexibility index (Phi) is 8.95. The van der Waals surface area contributed by atoms with E-state index in [-0.39, 0.29) is 11.7 Å². The predicted octanol–water partition coefficient (Wildman–Crippen LogP) is 6.65. The van der Waals surface area contributed by atoms with Gasteiger partial charge in [-0.3, -0.25) is 9.74 Å². The Morgan fingerprint density at radius 3 is 2.70 bits per heavy atom. The number of halogens is 2. The molecule has 6 nitrogen and oxygen atoms in total. The van der Waals surface area contributed by atoms with E-state index in [0.717, 1.165) is 43.4 Å². The molecule has 1 heterocycles. The maximum absolute atomic E-state index is 13.6. The molecule has 0 unspecified atom stereocenters. The normalized spacial score (nSPS) is 14.2. The van der Waals surface area contributed by atoms with Crippen molar-refractivity contribution in [3.63, 3.8) is 0 Å². The number of carbonyl (C=O) groups is 1. The van der Waals surface area contributed by atoms with Crippen LogP contribution in [0.5, 0.6) is 5.75 Å². The molecule has 1 saturated carbocycles. The van der Waals surface area contributed by atoms with E-state index in [4.69, 9.17) is 4.98 Å². The zero-order valence-corrected chi connectivity index (χ0v) is 21.4. The predicted molar refractivity (Wildman–Crippen MR) is 133 cm³/mol. The van der Waals surface area contributed by atoms with E-state index >= 15 is 0 Å². The standard InChI is InChI=1S/C25H34BrFN4O2/c1-5-6-12-21-23(24(32)30(4)17(2)3)31(16-18-13-14-22(33-27)20(26)15-18)25(29-21)28-19-10-8-7-9-11-19/h13-15,19H,2,5-12,16H2,1,3-4H3,(H,28,29). The second kappa shape index (κ2) is 11.7. The Morgan fingerprint density at radius 2 is 2.09 bits per heavy atom.